The minimum absolute atomic E-state index is 0.00998. The van der Waals surface area contributed by atoms with Crippen molar-refractivity contribution in [2.24, 2.45) is 5.92 Å². The highest BCUT2D eigenvalue weighted by Gasteiger charge is 2.29. The Hall–Kier alpha value is -0.530. The molecule has 0 bridgehead atoms. The molecular weight excluding hydrogens is 323 g/mol. The molecule has 1 aromatic carbocycles. The molecule has 8 heteroatoms. The molecule has 0 amide bonds. The first-order valence-electron chi connectivity index (χ1n) is 6.26. The number of rotatable bonds is 4. The van der Waals surface area contributed by atoms with Gasteiger partial charge < -0.3 is 5.11 Å². The summed E-state index contributed by atoms with van der Waals surface area (Å²) in [5.74, 6) is -0.0184. The van der Waals surface area contributed by atoms with Crippen molar-refractivity contribution in [3.8, 4) is 0 Å². The number of hydrogen-bond donors (Lipinski definition) is 2. The van der Waals surface area contributed by atoms with Crippen LogP contribution in [0.15, 0.2) is 18.2 Å². The van der Waals surface area contributed by atoms with Gasteiger partial charge in [-0.15, -0.1) is 0 Å². The van der Waals surface area contributed by atoms with Crippen molar-refractivity contribution in [1.82, 2.24) is 4.31 Å². The predicted molar refractivity (Wildman–Crippen MR) is 80.4 cm³/mol. The number of piperidine rings is 1. The van der Waals surface area contributed by atoms with Crippen LogP contribution < -0.4 is 4.72 Å². The van der Waals surface area contributed by atoms with E-state index >= 15 is 0 Å². The van der Waals surface area contributed by atoms with Crippen molar-refractivity contribution in [3.63, 3.8) is 0 Å². The molecule has 5 nitrogen and oxygen atoms in total. The second kappa shape index (κ2) is 6.49. The standard InChI is InChI=1S/C12H16Cl2N2O3S/c13-10-3-4-11(14)12(6-10)15-20(18,19)16-5-1-2-9(7-16)8-17/h3-4,6,9,15,17H,1-2,5,7-8H2. The Morgan fingerprint density at radius 3 is 2.85 bits per heavy atom. The van der Waals surface area contributed by atoms with Crippen LogP contribution in [0.2, 0.25) is 10.0 Å². The summed E-state index contributed by atoms with van der Waals surface area (Å²) in [6.45, 7) is 0.734. The fourth-order valence-electron chi connectivity index (χ4n) is 2.17. The molecule has 0 aliphatic carbocycles. The second-order valence-electron chi connectivity index (χ2n) is 4.78. The number of hydrogen-bond acceptors (Lipinski definition) is 3. The molecule has 0 saturated carbocycles. The molecule has 0 radical (unpaired) electrons. The Balaban J connectivity index is 2.16. The van der Waals surface area contributed by atoms with Crippen molar-refractivity contribution < 1.29 is 13.5 Å². The van der Waals surface area contributed by atoms with Crippen LogP contribution in [-0.2, 0) is 10.2 Å². The molecule has 0 spiro atoms. The maximum absolute atomic E-state index is 12.3. The van der Waals surface area contributed by atoms with Gasteiger partial charge in [0.1, 0.15) is 0 Å². The molecule has 2 rings (SSSR count). The first-order valence-corrected chi connectivity index (χ1v) is 8.46. The van der Waals surface area contributed by atoms with Crippen LogP contribution in [0.3, 0.4) is 0 Å². The summed E-state index contributed by atoms with van der Waals surface area (Å²) in [6, 6.07) is 4.59. The summed E-state index contributed by atoms with van der Waals surface area (Å²) >= 11 is 11.8. The van der Waals surface area contributed by atoms with E-state index in [2.05, 4.69) is 4.72 Å². The summed E-state index contributed by atoms with van der Waals surface area (Å²) in [5.41, 5.74) is 0.255. The Bertz CT molecular complexity index is 580. The first-order chi connectivity index (χ1) is 9.42. The van der Waals surface area contributed by atoms with Gasteiger partial charge in [-0.3, -0.25) is 4.72 Å². The zero-order valence-electron chi connectivity index (χ0n) is 10.7. The third kappa shape index (κ3) is 3.77. The highest BCUT2D eigenvalue weighted by molar-refractivity contribution is 7.90. The van der Waals surface area contributed by atoms with Crippen molar-refractivity contribution in [2.75, 3.05) is 24.4 Å². The van der Waals surface area contributed by atoms with Crippen molar-refractivity contribution >= 4 is 39.1 Å². The highest BCUT2D eigenvalue weighted by Crippen LogP contribution is 2.28. The summed E-state index contributed by atoms with van der Waals surface area (Å²) in [7, 11) is -3.69. The molecule has 20 heavy (non-hydrogen) atoms. The molecule has 1 aliphatic heterocycles. The zero-order valence-corrected chi connectivity index (χ0v) is 13.0. The first kappa shape index (κ1) is 15.9. The summed E-state index contributed by atoms with van der Waals surface area (Å²) in [6.07, 6.45) is 1.57. The molecule has 1 aliphatic rings. The third-order valence-corrected chi connectivity index (χ3v) is 5.30. The van der Waals surface area contributed by atoms with Crippen molar-refractivity contribution in [2.45, 2.75) is 12.8 Å². The molecule has 0 aromatic heterocycles. The molecule has 1 saturated heterocycles. The van der Waals surface area contributed by atoms with Gasteiger partial charge in [-0.2, -0.15) is 12.7 Å². The van der Waals surface area contributed by atoms with E-state index in [1.165, 1.54) is 16.4 Å². The van der Waals surface area contributed by atoms with Gasteiger partial charge in [0.15, 0.2) is 0 Å². The third-order valence-electron chi connectivity index (χ3n) is 3.25. The van der Waals surface area contributed by atoms with Crippen molar-refractivity contribution in [1.29, 1.82) is 0 Å². The van der Waals surface area contributed by atoms with Crippen LogP contribution in [0.25, 0.3) is 0 Å². The predicted octanol–water partition coefficient (Wildman–Crippen LogP) is 2.35. The van der Waals surface area contributed by atoms with E-state index in [4.69, 9.17) is 28.3 Å². The smallest absolute Gasteiger partial charge is 0.301 e. The molecule has 2 N–H and O–H groups in total. The van der Waals surface area contributed by atoms with E-state index in [0.29, 0.717) is 18.1 Å². The molecule has 1 fully saturated rings. The van der Waals surface area contributed by atoms with Crippen LogP contribution in [0, 0.1) is 5.92 Å². The van der Waals surface area contributed by atoms with Gasteiger partial charge in [0, 0.05) is 24.7 Å². The minimum atomic E-state index is -3.69. The maximum atomic E-state index is 12.3. The highest BCUT2D eigenvalue weighted by atomic mass is 35.5. The fraction of sp³-hybridized carbons (Fsp3) is 0.500. The number of anilines is 1. The molecule has 1 heterocycles. The number of nitrogens with one attached hydrogen (secondary N) is 1. The summed E-state index contributed by atoms with van der Waals surface area (Å²) < 4.78 is 28.4. The normalized spacial score (nSPS) is 20.9. The van der Waals surface area contributed by atoms with Crippen LogP contribution >= 0.6 is 23.2 Å². The van der Waals surface area contributed by atoms with E-state index in [-0.39, 0.29) is 23.2 Å². The van der Waals surface area contributed by atoms with E-state index in [0.717, 1.165) is 12.8 Å². The average molecular weight is 339 g/mol. The largest absolute Gasteiger partial charge is 0.396 e. The molecule has 1 aromatic rings. The molecule has 1 atom stereocenters. The van der Waals surface area contributed by atoms with Crippen LogP contribution in [0.4, 0.5) is 5.69 Å². The van der Waals surface area contributed by atoms with Gasteiger partial charge in [-0.1, -0.05) is 23.2 Å². The lowest BCUT2D eigenvalue weighted by molar-refractivity contribution is 0.166. The SMILES string of the molecule is O=S(=O)(Nc1cc(Cl)ccc1Cl)N1CCCC(CO)C1. The lowest BCUT2D eigenvalue weighted by Gasteiger charge is -2.31. The van der Waals surface area contributed by atoms with E-state index in [1.807, 2.05) is 0 Å². The number of aliphatic hydroxyl groups excluding tert-OH is 1. The van der Waals surface area contributed by atoms with Crippen LogP contribution in [0.5, 0.6) is 0 Å². The number of nitrogens with zero attached hydrogens (tertiary/aromatic N) is 1. The van der Waals surface area contributed by atoms with E-state index in [1.54, 1.807) is 6.07 Å². The lowest BCUT2D eigenvalue weighted by Crippen LogP contribution is -2.43. The van der Waals surface area contributed by atoms with Crippen molar-refractivity contribution in [3.05, 3.63) is 28.2 Å². The fourth-order valence-corrected chi connectivity index (χ4v) is 3.92. The van der Waals surface area contributed by atoms with Gasteiger partial charge >= 0.3 is 10.2 Å². The maximum Gasteiger partial charge on any atom is 0.301 e. The van der Waals surface area contributed by atoms with Gasteiger partial charge in [0.05, 0.1) is 10.7 Å². The van der Waals surface area contributed by atoms with Gasteiger partial charge in [-0.25, -0.2) is 0 Å². The monoisotopic (exact) mass is 338 g/mol. The zero-order chi connectivity index (χ0) is 14.8. The van der Waals surface area contributed by atoms with Gasteiger partial charge in [-0.05, 0) is 37.0 Å². The Morgan fingerprint density at radius 2 is 2.15 bits per heavy atom. The average Bonchev–Trinajstić information content (AvgIpc) is 2.43. The Kier molecular flexibility index (Phi) is 5.14. The quantitative estimate of drug-likeness (QED) is 0.885. The molecular formula is C12H16Cl2N2O3S. The number of benzene rings is 1. The topological polar surface area (TPSA) is 69.6 Å². The van der Waals surface area contributed by atoms with Crippen LogP contribution in [-0.4, -0.2) is 37.5 Å². The second-order valence-corrected chi connectivity index (χ2v) is 7.29. The van der Waals surface area contributed by atoms with Gasteiger partial charge in [0.2, 0.25) is 0 Å². The Labute approximate surface area is 128 Å². The number of halogens is 2. The molecule has 1 unspecified atom stereocenters. The van der Waals surface area contributed by atoms with E-state index < -0.39 is 10.2 Å². The summed E-state index contributed by atoms with van der Waals surface area (Å²) in [5, 5.41) is 9.85. The van der Waals surface area contributed by atoms with Crippen LogP contribution in [0.1, 0.15) is 12.8 Å². The minimum Gasteiger partial charge on any atom is -0.396 e. The van der Waals surface area contributed by atoms with Gasteiger partial charge in [0.25, 0.3) is 0 Å². The lowest BCUT2D eigenvalue weighted by atomic mass is 10.0. The van der Waals surface area contributed by atoms with E-state index in [9.17, 15) is 8.42 Å². The summed E-state index contributed by atoms with van der Waals surface area (Å²) in [4.78, 5) is 0. The number of aliphatic hydroxyl groups is 1. The molecule has 112 valence electrons. The Morgan fingerprint density at radius 1 is 1.40 bits per heavy atom.